The van der Waals surface area contributed by atoms with E-state index in [0.717, 1.165) is 31.1 Å². The van der Waals surface area contributed by atoms with Gasteiger partial charge in [-0.15, -0.1) is 0 Å². The minimum absolute atomic E-state index is 0.489. The predicted octanol–water partition coefficient (Wildman–Crippen LogP) is 2.18. The zero-order valence-electron chi connectivity index (χ0n) is 8.29. The standard InChI is InChI=1S/C10H16N2O/c1-8(2)9-7-10-12(11-9)5-3-4-6-13-10/h7-8H,3-6H2,1-2H3. The van der Waals surface area contributed by atoms with Gasteiger partial charge in [-0.1, -0.05) is 13.8 Å². The summed E-state index contributed by atoms with van der Waals surface area (Å²) in [5, 5.41) is 4.50. The van der Waals surface area contributed by atoms with E-state index in [1.165, 1.54) is 6.42 Å². The van der Waals surface area contributed by atoms with Crippen LogP contribution in [0.2, 0.25) is 0 Å². The molecule has 0 bridgehead atoms. The van der Waals surface area contributed by atoms with E-state index in [2.05, 4.69) is 25.0 Å². The van der Waals surface area contributed by atoms with Crippen LogP contribution < -0.4 is 4.74 Å². The Morgan fingerprint density at radius 1 is 1.46 bits per heavy atom. The first kappa shape index (κ1) is 8.60. The molecule has 0 N–H and O–H groups in total. The number of aryl methyl sites for hydroxylation is 1. The zero-order valence-corrected chi connectivity index (χ0v) is 8.29. The van der Waals surface area contributed by atoms with Crippen molar-refractivity contribution < 1.29 is 4.74 Å². The third-order valence-electron chi connectivity index (χ3n) is 2.37. The molecule has 1 aliphatic rings. The molecule has 0 spiro atoms. The molecular formula is C10H16N2O. The third-order valence-corrected chi connectivity index (χ3v) is 2.37. The molecule has 0 fully saturated rings. The number of fused-ring (bicyclic) bond motifs is 1. The second-order valence-corrected chi connectivity index (χ2v) is 3.84. The molecule has 3 nitrogen and oxygen atoms in total. The minimum atomic E-state index is 0.489. The molecule has 0 unspecified atom stereocenters. The summed E-state index contributed by atoms with van der Waals surface area (Å²) in [6.07, 6.45) is 2.31. The summed E-state index contributed by atoms with van der Waals surface area (Å²) in [6.45, 7) is 6.15. The Bertz CT molecular complexity index is 268. The second kappa shape index (κ2) is 3.40. The average molecular weight is 180 g/mol. The van der Waals surface area contributed by atoms with E-state index < -0.39 is 0 Å². The van der Waals surface area contributed by atoms with Gasteiger partial charge in [0.25, 0.3) is 0 Å². The Labute approximate surface area is 78.7 Å². The maximum absolute atomic E-state index is 5.58. The van der Waals surface area contributed by atoms with Crippen LogP contribution in [0.5, 0.6) is 5.88 Å². The Morgan fingerprint density at radius 3 is 3.08 bits per heavy atom. The number of hydrogen-bond acceptors (Lipinski definition) is 2. The highest BCUT2D eigenvalue weighted by molar-refractivity contribution is 5.18. The van der Waals surface area contributed by atoms with E-state index in [1.807, 2.05) is 4.68 Å². The Morgan fingerprint density at radius 2 is 2.31 bits per heavy atom. The van der Waals surface area contributed by atoms with E-state index in [0.29, 0.717) is 5.92 Å². The molecule has 2 rings (SSSR count). The van der Waals surface area contributed by atoms with Crippen LogP contribution in [0.25, 0.3) is 0 Å². The van der Waals surface area contributed by atoms with Crippen molar-refractivity contribution in [3.8, 4) is 5.88 Å². The summed E-state index contributed by atoms with van der Waals surface area (Å²) in [4.78, 5) is 0. The molecule has 0 saturated heterocycles. The van der Waals surface area contributed by atoms with Crippen molar-refractivity contribution in [2.45, 2.75) is 39.2 Å². The quantitative estimate of drug-likeness (QED) is 0.662. The smallest absolute Gasteiger partial charge is 0.211 e. The van der Waals surface area contributed by atoms with Crippen molar-refractivity contribution in [2.24, 2.45) is 0 Å². The molecule has 72 valence electrons. The topological polar surface area (TPSA) is 27.1 Å². The Kier molecular flexibility index (Phi) is 2.25. The summed E-state index contributed by atoms with van der Waals surface area (Å²) in [6, 6.07) is 2.07. The predicted molar refractivity (Wildman–Crippen MR) is 51.0 cm³/mol. The largest absolute Gasteiger partial charge is 0.478 e. The highest BCUT2D eigenvalue weighted by Crippen LogP contribution is 2.22. The lowest BCUT2D eigenvalue weighted by Crippen LogP contribution is -2.00. The summed E-state index contributed by atoms with van der Waals surface area (Å²) in [7, 11) is 0. The maximum Gasteiger partial charge on any atom is 0.211 e. The van der Waals surface area contributed by atoms with Gasteiger partial charge in [0.15, 0.2) is 0 Å². The Balaban J connectivity index is 2.27. The first-order valence-corrected chi connectivity index (χ1v) is 4.98. The number of nitrogens with zero attached hydrogens (tertiary/aromatic N) is 2. The summed E-state index contributed by atoms with van der Waals surface area (Å²) in [5.41, 5.74) is 1.14. The molecule has 0 amide bonds. The van der Waals surface area contributed by atoms with Gasteiger partial charge >= 0.3 is 0 Å². The summed E-state index contributed by atoms with van der Waals surface area (Å²) in [5.74, 6) is 1.43. The highest BCUT2D eigenvalue weighted by atomic mass is 16.5. The van der Waals surface area contributed by atoms with Crippen molar-refractivity contribution in [1.29, 1.82) is 0 Å². The molecule has 0 aromatic carbocycles. The summed E-state index contributed by atoms with van der Waals surface area (Å²) >= 11 is 0. The van der Waals surface area contributed by atoms with Gasteiger partial charge in [0, 0.05) is 12.6 Å². The fraction of sp³-hybridized carbons (Fsp3) is 0.700. The number of rotatable bonds is 1. The fourth-order valence-electron chi connectivity index (χ4n) is 1.52. The molecule has 3 heteroatoms. The monoisotopic (exact) mass is 180 g/mol. The van der Waals surface area contributed by atoms with Crippen molar-refractivity contribution in [3.63, 3.8) is 0 Å². The van der Waals surface area contributed by atoms with Crippen LogP contribution in [0.15, 0.2) is 6.07 Å². The normalized spacial score (nSPS) is 16.5. The van der Waals surface area contributed by atoms with Crippen LogP contribution in [0.1, 0.15) is 38.3 Å². The van der Waals surface area contributed by atoms with Gasteiger partial charge in [-0.25, -0.2) is 4.68 Å². The van der Waals surface area contributed by atoms with Crippen LogP contribution >= 0.6 is 0 Å². The molecule has 1 aromatic rings. The Hall–Kier alpha value is -0.990. The van der Waals surface area contributed by atoms with Crippen molar-refractivity contribution in [2.75, 3.05) is 6.61 Å². The average Bonchev–Trinajstić information content (AvgIpc) is 2.38. The van der Waals surface area contributed by atoms with E-state index >= 15 is 0 Å². The van der Waals surface area contributed by atoms with Gasteiger partial charge in [-0.3, -0.25) is 0 Å². The van der Waals surface area contributed by atoms with Crippen LogP contribution in [0.3, 0.4) is 0 Å². The molecule has 0 atom stereocenters. The third kappa shape index (κ3) is 1.69. The van der Waals surface area contributed by atoms with Crippen molar-refractivity contribution in [3.05, 3.63) is 11.8 Å². The van der Waals surface area contributed by atoms with Gasteiger partial charge in [0.05, 0.1) is 12.3 Å². The van der Waals surface area contributed by atoms with Gasteiger partial charge in [-0.05, 0) is 18.8 Å². The zero-order chi connectivity index (χ0) is 9.26. The SMILES string of the molecule is CC(C)c1cc2n(n1)CCCCO2. The lowest BCUT2D eigenvalue weighted by molar-refractivity contribution is 0.303. The fourth-order valence-corrected chi connectivity index (χ4v) is 1.52. The van der Waals surface area contributed by atoms with Crippen LogP contribution in [-0.4, -0.2) is 16.4 Å². The van der Waals surface area contributed by atoms with Gasteiger partial charge in [-0.2, -0.15) is 5.10 Å². The van der Waals surface area contributed by atoms with Gasteiger partial charge in [0.1, 0.15) is 0 Å². The second-order valence-electron chi connectivity index (χ2n) is 3.84. The minimum Gasteiger partial charge on any atom is -0.478 e. The number of hydrogen-bond donors (Lipinski definition) is 0. The molecule has 2 heterocycles. The van der Waals surface area contributed by atoms with E-state index in [1.54, 1.807) is 0 Å². The molecule has 1 aliphatic heterocycles. The van der Waals surface area contributed by atoms with E-state index in [9.17, 15) is 0 Å². The molecule has 0 radical (unpaired) electrons. The molecular weight excluding hydrogens is 164 g/mol. The van der Waals surface area contributed by atoms with E-state index in [-0.39, 0.29) is 0 Å². The van der Waals surface area contributed by atoms with Gasteiger partial charge in [0.2, 0.25) is 5.88 Å². The molecule has 0 aliphatic carbocycles. The number of aromatic nitrogens is 2. The van der Waals surface area contributed by atoms with Crippen molar-refractivity contribution in [1.82, 2.24) is 9.78 Å². The van der Waals surface area contributed by atoms with E-state index in [4.69, 9.17) is 4.74 Å². The molecule has 13 heavy (non-hydrogen) atoms. The molecule has 0 saturated carbocycles. The van der Waals surface area contributed by atoms with Crippen LogP contribution in [-0.2, 0) is 6.54 Å². The van der Waals surface area contributed by atoms with Crippen LogP contribution in [0.4, 0.5) is 0 Å². The number of ether oxygens (including phenoxy) is 1. The maximum atomic E-state index is 5.58. The highest BCUT2D eigenvalue weighted by Gasteiger charge is 2.13. The first-order chi connectivity index (χ1) is 6.27. The lowest BCUT2D eigenvalue weighted by atomic mass is 10.1. The lowest BCUT2D eigenvalue weighted by Gasteiger charge is -2.00. The summed E-state index contributed by atoms with van der Waals surface area (Å²) < 4.78 is 7.57. The first-order valence-electron chi connectivity index (χ1n) is 4.98. The van der Waals surface area contributed by atoms with Crippen molar-refractivity contribution >= 4 is 0 Å². The van der Waals surface area contributed by atoms with Gasteiger partial charge < -0.3 is 4.74 Å². The van der Waals surface area contributed by atoms with Crippen LogP contribution in [0, 0.1) is 0 Å². The molecule has 1 aromatic heterocycles.